The van der Waals surface area contributed by atoms with Crippen LogP contribution in [0.4, 0.5) is 0 Å². The molecule has 1 heterocycles. The molecule has 1 N–H and O–H groups in total. The van der Waals surface area contributed by atoms with Gasteiger partial charge in [-0.3, -0.25) is 4.90 Å². The minimum Gasteiger partial charge on any atom is -0.391 e. The average molecular weight is 231 g/mol. The number of hydrogen-bond donors (Lipinski definition) is 1. The third-order valence-corrected chi connectivity index (χ3v) is 4.63. The highest BCUT2D eigenvalue weighted by Gasteiger charge is 2.44. The maximum absolute atomic E-state index is 10.1. The predicted octanol–water partition coefficient (Wildman–Crippen LogP) is 2.59. The van der Waals surface area contributed by atoms with Crippen LogP contribution in [0, 0.1) is 5.92 Å². The number of fused-ring (bicyclic) bond motifs is 1. The molecule has 2 aliphatic rings. The van der Waals surface area contributed by atoms with Gasteiger partial charge in [-0.05, 0) is 44.2 Å². The number of aliphatic hydroxyl groups is 1. The second kappa shape index (κ2) is 4.43. The standard InChI is InChI=1S/C15H21NO/c1-11(12-5-3-2-4-6-12)16-10-9-13-7-8-14(17)15(13)16/h2-6,11,13-15,17H,7-10H2,1H3/t11-,13-,14+,15+/m1/s1. The van der Waals surface area contributed by atoms with Gasteiger partial charge in [-0.25, -0.2) is 0 Å². The molecule has 1 aromatic rings. The SMILES string of the molecule is C[C@H](c1ccccc1)N1CC[C@H]2CC[C@H](O)[C@H]21. The van der Waals surface area contributed by atoms with Gasteiger partial charge in [-0.15, -0.1) is 0 Å². The summed E-state index contributed by atoms with van der Waals surface area (Å²) in [4.78, 5) is 2.51. The van der Waals surface area contributed by atoms with Crippen LogP contribution in [-0.2, 0) is 0 Å². The molecule has 17 heavy (non-hydrogen) atoms. The summed E-state index contributed by atoms with van der Waals surface area (Å²) in [5, 5.41) is 10.1. The summed E-state index contributed by atoms with van der Waals surface area (Å²) < 4.78 is 0. The molecule has 2 heteroatoms. The van der Waals surface area contributed by atoms with Gasteiger partial charge in [0.25, 0.3) is 0 Å². The molecule has 4 atom stereocenters. The molecule has 0 spiro atoms. The first-order valence-electron chi connectivity index (χ1n) is 6.76. The van der Waals surface area contributed by atoms with Crippen LogP contribution in [0.15, 0.2) is 30.3 Å². The van der Waals surface area contributed by atoms with Gasteiger partial charge in [-0.1, -0.05) is 30.3 Å². The highest BCUT2D eigenvalue weighted by molar-refractivity contribution is 5.19. The van der Waals surface area contributed by atoms with Gasteiger partial charge in [0, 0.05) is 12.1 Å². The smallest absolute Gasteiger partial charge is 0.0698 e. The van der Waals surface area contributed by atoms with Crippen molar-refractivity contribution >= 4 is 0 Å². The first-order valence-corrected chi connectivity index (χ1v) is 6.76. The lowest BCUT2D eigenvalue weighted by molar-refractivity contribution is 0.0636. The number of hydrogen-bond acceptors (Lipinski definition) is 2. The number of rotatable bonds is 2. The predicted molar refractivity (Wildman–Crippen MR) is 68.7 cm³/mol. The molecular weight excluding hydrogens is 210 g/mol. The van der Waals surface area contributed by atoms with Crippen molar-refractivity contribution in [2.24, 2.45) is 5.92 Å². The van der Waals surface area contributed by atoms with E-state index < -0.39 is 0 Å². The van der Waals surface area contributed by atoms with Crippen LogP contribution in [0.1, 0.15) is 37.8 Å². The number of aliphatic hydroxyl groups excluding tert-OH is 1. The summed E-state index contributed by atoms with van der Waals surface area (Å²) in [5.74, 6) is 0.733. The first-order chi connectivity index (χ1) is 8.27. The molecule has 1 saturated heterocycles. The fourth-order valence-electron chi connectivity index (χ4n) is 3.69. The van der Waals surface area contributed by atoms with Crippen molar-refractivity contribution in [1.82, 2.24) is 4.90 Å². The Morgan fingerprint density at radius 3 is 2.71 bits per heavy atom. The lowest BCUT2D eigenvalue weighted by Gasteiger charge is -2.32. The van der Waals surface area contributed by atoms with Gasteiger partial charge in [-0.2, -0.15) is 0 Å². The third-order valence-electron chi connectivity index (χ3n) is 4.63. The van der Waals surface area contributed by atoms with Crippen LogP contribution in [0.2, 0.25) is 0 Å². The van der Waals surface area contributed by atoms with Crippen molar-refractivity contribution in [3.05, 3.63) is 35.9 Å². The molecule has 0 aromatic heterocycles. The molecule has 1 aliphatic heterocycles. The molecule has 0 bridgehead atoms. The Hall–Kier alpha value is -0.860. The minimum absolute atomic E-state index is 0.103. The second-order valence-corrected chi connectivity index (χ2v) is 5.51. The summed E-state index contributed by atoms with van der Waals surface area (Å²) in [6.07, 6.45) is 3.37. The minimum atomic E-state index is -0.103. The Morgan fingerprint density at radius 2 is 1.94 bits per heavy atom. The van der Waals surface area contributed by atoms with Crippen molar-refractivity contribution < 1.29 is 5.11 Å². The Labute approximate surface area is 103 Å². The van der Waals surface area contributed by atoms with Gasteiger partial charge in [0.1, 0.15) is 0 Å². The molecule has 2 fully saturated rings. The second-order valence-electron chi connectivity index (χ2n) is 5.51. The molecule has 2 nitrogen and oxygen atoms in total. The molecule has 0 amide bonds. The number of benzene rings is 1. The Morgan fingerprint density at radius 1 is 1.18 bits per heavy atom. The number of nitrogens with zero attached hydrogens (tertiary/aromatic N) is 1. The fraction of sp³-hybridized carbons (Fsp3) is 0.600. The maximum atomic E-state index is 10.1. The van der Waals surface area contributed by atoms with E-state index in [9.17, 15) is 5.11 Å². The van der Waals surface area contributed by atoms with Gasteiger partial charge in [0.15, 0.2) is 0 Å². The van der Waals surface area contributed by atoms with E-state index in [0.29, 0.717) is 12.1 Å². The van der Waals surface area contributed by atoms with E-state index in [2.05, 4.69) is 42.2 Å². The van der Waals surface area contributed by atoms with Crippen LogP contribution in [0.5, 0.6) is 0 Å². The maximum Gasteiger partial charge on any atom is 0.0698 e. The summed E-state index contributed by atoms with van der Waals surface area (Å²) in [6, 6.07) is 11.5. The topological polar surface area (TPSA) is 23.5 Å². The average Bonchev–Trinajstić information content (AvgIpc) is 2.93. The zero-order chi connectivity index (χ0) is 11.8. The Bertz CT molecular complexity index is 378. The van der Waals surface area contributed by atoms with Crippen molar-refractivity contribution in [2.45, 2.75) is 44.4 Å². The monoisotopic (exact) mass is 231 g/mol. The van der Waals surface area contributed by atoms with Crippen molar-refractivity contribution in [3.63, 3.8) is 0 Å². The van der Waals surface area contributed by atoms with E-state index >= 15 is 0 Å². The van der Waals surface area contributed by atoms with Crippen LogP contribution < -0.4 is 0 Å². The zero-order valence-corrected chi connectivity index (χ0v) is 10.4. The van der Waals surface area contributed by atoms with E-state index in [4.69, 9.17) is 0 Å². The van der Waals surface area contributed by atoms with Crippen LogP contribution in [0.3, 0.4) is 0 Å². The summed E-state index contributed by atoms with van der Waals surface area (Å²) in [7, 11) is 0. The molecule has 1 saturated carbocycles. The van der Waals surface area contributed by atoms with Crippen LogP contribution >= 0.6 is 0 Å². The Kier molecular flexibility index (Phi) is 2.93. The van der Waals surface area contributed by atoms with Crippen molar-refractivity contribution in [2.75, 3.05) is 6.54 Å². The first kappa shape index (κ1) is 11.2. The van der Waals surface area contributed by atoms with Gasteiger partial charge in [0.05, 0.1) is 6.10 Å². The van der Waals surface area contributed by atoms with E-state index in [1.807, 2.05) is 0 Å². The van der Waals surface area contributed by atoms with Crippen molar-refractivity contribution in [1.29, 1.82) is 0 Å². The Balaban J connectivity index is 1.81. The number of likely N-dealkylation sites (tertiary alicyclic amines) is 1. The van der Waals surface area contributed by atoms with Crippen LogP contribution in [0.25, 0.3) is 0 Å². The quantitative estimate of drug-likeness (QED) is 0.845. The normalized spacial score (nSPS) is 34.8. The van der Waals surface area contributed by atoms with Gasteiger partial charge >= 0.3 is 0 Å². The van der Waals surface area contributed by atoms with Gasteiger partial charge in [0.2, 0.25) is 0 Å². The zero-order valence-electron chi connectivity index (χ0n) is 10.4. The molecule has 1 aromatic carbocycles. The molecule has 92 valence electrons. The van der Waals surface area contributed by atoms with E-state index in [1.165, 1.54) is 18.4 Å². The summed E-state index contributed by atoms with van der Waals surface area (Å²) >= 11 is 0. The highest BCUT2D eigenvalue weighted by atomic mass is 16.3. The lowest BCUT2D eigenvalue weighted by atomic mass is 10.0. The molecular formula is C15H21NO. The molecule has 3 rings (SSSR count). The third kappa shape index (κ3) is 1.90. The van der Waals surface area contributed by atoms with Crippen molar-refractivity contribution in [3.8, 4) is 0 Å². The van der Waals surface area contributed by atoms with Crippen LogP contribution in [-0.4, -0.2) is 28.7 Å². The van der Waals surface area contributed by atoms with E-state index in [0.717, 1.165) is 18.9 Å². The highest BCUT2D eigenvalue weighted by Crippen LogP contribution is 2.41. The fourth-order valence-corrected chi connectivity index (χ4v) is 3.69. The molecule has 0 unspecified atom stereocenters. The summed E-state index contributed by atoms with van der Waals surface area (Å²) in [6.45, 7) is 3.41. The van der Waals surface area contributed by atoms with E-state index in [1.54, 1.807) is 0 Å². The summed E-state index contributed by atoms with van der Waals surface area (Å²) in [5.41, 5.74) is 1.37. The van der Waals surface area contributed by atoms with E-state index in [-0.39, 0.29) is 6.10 Å². The molecule has 1 aliphatic carbocycles. The van der Waals surface area contributed by atoms with Gasteiger partial charge < -0.3 is 5.11 Å². The largest absolute Gasteiger partial charge is 0.391 e. The molecule has 0 radical (unpaired) electrons. The lowest BCUT2D eigenvalue weighted by Crippen LogP contribution is -2.39.